The summed E-state index contributed by atoms with van der Waals surface area (Å²) >= 11 is 5.75. The number of nitrogens with zero attached hydrogens (tertiary/aromatic N) is 2. The van der Waals surface area contributed by atoms with E-state index in [9.17, 15) is 14.0 Å². The van der Waals surface area contributed by atoms with Gasteiger partial charge >= 0.3 is 6.03 Å². The van der Waals surface area contributed by atoms with Gasteiger partial charge in [-0.3, -0.25) is 4.79 Å². The Kier molecular flexibility index (Phi) is 7.50. The summed E-state index contributed by atoms with van der Waals surface area (Å²) in [5.74, 6) is -0.485. The lowest BCUT2D eigenvalue weighted by atomic mass is 9.86. The topological polar surface area (TPSA) is 64.7 Å². The number of rotatable bonds is 4. The first-order valence-electron chi connectivity index (χ1n) is 11.9. The van der Waals surface area contributed by atoms with E-state index in [0.717, 1.165) is 18.8 Å². The lowest BCUT2D eigenvalue weighted by molar-refractivity contribution is 0.0746. The van der Waals surface area contributed by atoms with E-state index in [1.807, 2.05) is 53.4 Å². The van der Waals surface area contributed by atoms with Crippen LogP contribution in [0.25, 0.3) is 0 Å². The minimum absolute atomic E-state index is 0.0545. The summed E-state index contributed by atoms with van der Waals surface area (Å²) in [5.41, 5.74) is 4.02. The number of hydrogen-bond donors (Lipinski definition) is 2. The van der Waals surface area contributed by atoms with Crippen molar-refractivity contribution < 1.29 is 14.0 Å². The molecular weight excluding hydrogens is 479 g/mol. The summed E-state index contributed by atoms with van der Waals surface area (Å²) in [7, 11) is 0. The van der Waals surface area contributed by atoms with E-state index in [4.69, 9.17) is 11.6 Å². The zero-order valence-electron chi connectivity index (χ0n) is 20.6. The summed E-state index contributed by atoms with van der Waals surface area (Å²) in [6, 6.07) is 19.0. The molecule has 1 heterocycles. The third-order valence-electron chi connectivity index (χ3n) is 6.23. The number of urea groups is 1. The third kappa shape index (κ3) is 6.15. The van der Waals surface area contributed by atoms with Crippen LogP contribution in [-0.4, -0.2) is 43.0 Å². The van der Waals surface area contributed by atoms with E-state index < -0.39 is 11.8 Å². The Morgan fingerprint density at radius 2 is 1.42 bits per heavy atom. The van der Waals surface area contributed by atoms with Crippen molar-refractivity contribution in [3.63, 3.8) is 0 Å². The quantitative estimate of drug-likeness (QED) is 0.429. The van der Waals surface area contributed by atoms with Crippen LogP contribution in [0.2, 0.25) is 5.02 Å². The lowest BCUT2D eigenvalue weighted by Gasteiger charge is -2.36. The summed E-state index contributed by atoms with van der Waals surface area (Å²) in [6.45, 7) is 9.21. The van der Waals surface area contributed by atoms with Gasteiger partial charge in [0, 0.05) is 48.8 Å². The van der Waals surface area contributed by atoms with Gasteiger partial charge in [-0.05, 0) is 65.6 Å². The molecule has 0 saturated carbocycles. The normalized spacial score (nSPS) is 13.9. The van der Waals surface area contributed by atoms with Crippen molar-refractivity contribution in [1.82, 2.24) is 4.90 Å². The molecule has 0 radical (unpaired) electrons. The third-order valence-corrected chi connectivity index (χ3v) is 6.52. The van der Waals surface area contributed by atoms with Crippen molar-refractivity contribution in [2.75, 3.05) is 41.7 Å². The number of carbonyl (C=O) groups excluding carboxylic acids is 2. The van der Waals surface area contributed by atoms with Crippen molar-refractivity contribution in [3.05, 3.63) is 88.7 Å². The van der Waals surface area contributed by atoms with E-state index >= 15 is 0 Å². The maximum atomic E-state index is 13.3. The van der Waals surface area contributed by atoms with Crippen LogP contribution in [0.5, 0.6) is 0 Å². The van der Waals surface area contributed by atoms with Crippen molar-refractivity contribution in [3.8, 4) is 0 Å². The summed E-state index contributed by atoms with van der Waals surface area (Å²) in [5, 5.41) is 5.32. The molecule has 3 aromatic rings. The van der Waals surface area contributed by atoms with Crippen LogP contribution >= 0.6 is 11.6 Å². The molecule has 2 N–H and O–H groups in total. The second-order valence-corrected chi connectivity index (χ2v) is 10.3. The minimum atomic E-state index is -0.543. The van der Waals surface area contributed by atoms with E-state index in [-0.39, 0.29) is 16.3 Å². The van der Waals surface area contributed by atoms with Crippen LogP contribution in [0.3, 0.4) is 0 Å². The SMILES string of the molecule is CC(C)(C)c1ccc(C(=O)N2CCN(c3ccc(NC(=O)Nc4ccc(F)c(Cl)c4)cc3)CC2)cc1. The molecule has 3 aromatic carbocycles. The van der Waals surface area contributed by atoms with Gasteiger partial charge in [-0.15, -0.1) is 0 Å². The molecule has 0 bridgehead atoms. The molecule has 1 saturated heterocycles. The molecule has 0 spiro atoms. The Morgan fingerprint density at radius 3 is 2.00 bits per heavy atom. The number of benzene rings is 3. The summed E-state index contributed by atoms with van der Waals surface area (Å²) < 4.78 is 13.3. The van der Waals surface area contributed by atoms with Crippen LogP contribution in [0.1, 0.15) is 36.7 Å². The molecule has 3 amide bonds. The molecule has 4 rings (SSSR count). The highest BCUT2D eigenvalue weighted by molar-refractivity contribution is 6.31. The standard InChI is InChI=1S/C28H30ClFN4O2/c1-28(2,3)20-6-4-19(5-7-20)26(35)34-16-14-33(15-17-34)23-11-8-21(9-12-23)31-27(36)32-22-10-13-25(30)24(29)18-22/h4-13,18H,14-17H2,1-3H3,(H2,31,32,36). The van der Waals surface area contributed by atoms with E-state index in [1.165, 1.54) is 23.8 Å². The summed E-state index contributed by atoms with van der Waals surface area (Å²) in [4.78, 5) is 29.3. The molecule has 6 nitrogen and oxygen atoms in total. The Labute approximate surface area is 216 Å². The van der Waals surface area contributed by atoms with Crippen molar-refractivity contribution >= 4 is 40.6 Å². The molecular formula is C28H30ClFN4O2. The average Bonchev–Trinajstić information content (AvgIpc) is 2.86. The highest BCUT2D eigenvalue weighted by atomic mass is 35.5. The first kappa shape index (κ1) is 25.5. The second kappa shape index (κ2) is 10.6. The number of hydrogen-bond acceptors (Lipinski definition) is 3. The van der Waals surface area contributed by atoms with Crippen LogP contribution < -0.4 is 15.5 Å². The first-order chi connectivity index (χ1) is 17.1. The van der Waals surface area contributed by atoms with Crippen LogP contribution in [0.15, 0.2) is 66.7 Å². The number of amides is 3. The van der Waals surface area contributed by atoms with E-state index in [1.54, 1.807) is 0 Å². The smallest absolute Gasteiger partial charge is 0.323 e. The van der Waals surface area contributed by atoms with Gasteiger partial charge in [0.2, 0.25) is 0 Å². The van der Waals surface area contributed by atoms with Gasteiger partial charge in [-0.1, -0.05) is 44.5 Å². The number of halogens is 2. The molecule has 0 atom stereocenters. The molecule has 0 aliphatic carbocycles. The average molecular weight is 509 g/mol. The van der Waals surface area contributed by atoms with Crippen LogP contribution in [0.4, 0.5) is 26.2 Å². The van der Waals surface area contributed by atoms with Crippen molar-refractivity contribution in [2.45, 2.75) is 26.2 Å². The van der Waals surface area contributed by atoms with Gasteiger partial charge < -0.3 is 20.4 Å². The minimum Gasteiger partial charge on any atom is -0.368 e. The fraction of sp³-hybridized carbons (Fsp3) is 0.286. The van der Waals surface area contributed by atoms with Crippen LogP contribution in [0, 0.1) is 5.82 Å². The Morgan fingerprint density at radius 1 is 0.833 bits per heavy atom. The second-order valence-electron chi connectivity index (χ2n) is 9.86. The lowest BCUT2D eigenvalue weighted by Crippen LogP contribution is -2.48. The van der Waals surface area contributed by atoms with Gasteiger partial charge in [-0.25, -0.2) is 9.18 Å². The zero-order chi connectivity index (χ0) is 25.9. The number of nitrogens with one attached hydrogen (secondary N) is 2. The molecule has 8 heteroatoms. The molecule has 0 unspecified atom stereocenters. The van der Waals surface area contributed by atoms with Crippen LogP contribution in [-0.2, 0) is 5.41 Å². The Hall–Kier alpha value is -3.58. The molecule has 188 valence electrons. The van der Waals surface area contributed by atoms with Gasteiger partial charge in [-0.2, -0.15) is 0 Å². The largest absolute Gasteiger partial charge is 0.368 e. The molecule has 36 heavy (non-hydrogen) atoms. The van der Waals surface area contributed by atoms with Gasteiger partial charge in [0.1, 0.15) is 5.82 Å². The Balaban J connectivity index is 1.29. The predicted octanol–water partition coefficient (Wildman–Crippen LogP) is 6.38. The van der Waals surface area contributed by atoms with Gasteiger partial charge in [0.25, 0.3) is 5.91 Å². The predicted molar refractivity (Wildman–Crippen MR) is 144 cm³/mol. The number of carbonyl (C=O) groups is 2. The van der Waals surface area contributed by atoms with Gasteiger partial charge in [0.05, 0.1) is 5.02 Å². The highest BCUT2D eigenvalue weighted by Gasteiger charge is 2.23. The monoisotopic (exact) mass is 508 g/mol. The fourth-order valence-corrected chi connectivity index (χ4v) is 4.27. The fourth-order valence-electron chi connectivity index (χ4n) is 4.09. The first-order valence-corrected chi connectivity index (χ1v) is 12.3. The van der Waals surface area contributed by atoms with E-state index in [2.05, 4.69) is 36.3 Å². The number of piperazine rings is 1. The molecule has 1 aliphatic rings. The Bertz CT molecular complexity index is 1230. The maximum Gasteiger partial charge on any atom is 0.323 e. The van der Waals surface area contributed by atoms with Crippen molar-refractivity contribution in [1.29, 1.82) is 0 Å². The zero-order valence-corrected chi connectivity index (χ0v) is 21.4. The highest BCUT2D eigenvalue weighted by Crippen LogP contribution is 2.24. The molecule has 0 aromatic heterocycles. The summed E-state index contributed by atoms with van der Waals surface area (Å²) in [6.07, 6.45) is 0. The van der Waals surface area contributed by atoms with Crippen molar-refractivity contribution in [2.24, 2.45) is 0 Å². The molecule has 1 fully saturated rings. The van der Waals surface area contributed by atoms with Gasteiger partial charge in [0.15, 0.2) is 0 Å². The maximum absolute atomic E-state index is 13.3. The van der Waals surface area contributed by atoms with E-state index in [0.29, 0.717) is 30.0 Å². The molecule has 1 aliphatic heterocycles. The number of anilines is 3.